The van der Waals surface area contributed by atoms with Crippen molar-refractivity contribution in [3.8, 4) is 11.5 Å². The average Bonchev–Trinajstić information content (AvgIpc) is 3.05. The van der Waals surface area contributed by atoms with E-state index in [1.54, 1.807) is 7.11 Å². The Morgan fingerprint density at radius 2 is 1.93 bits per heavy atom. The van der Waals surface area contributed by atoms with Gasteiger partial charge in [-0.15, -0.1) is 11.3 Å². The quantitative estimate of drug-likeness (QED) is 0.692. The van der Waals surface area contributed by atoms with Crippen LogP contribution in [0.3, 0.4) is 0 Å². The summed E-state index contributed by atoms with van der Waals surface area (Å²) < 4.78 is 11.1. The van der Waals surface area contributed by atoms with Crippen molar-refractivity contribution in [3.05, 3.63) is 40.3 Å². The summed E-state index contributed by atoms with van der Waals surface area (Å²) in [6.45, 7) is 11.7. The van der Waals surface area contributed by atoms with Gasteiger partial charge in [-0.2, -0.15) is 0 Å². The molecule has 0 bridgehead atoms. The van der Waals surface area contributed by atoms with Gasteiger partial charge in [-0.25, -0.2) is 9.78 Å². The molecule has 1 N–H and O–H groups in total. The number of ether oxygens (including phenoxy) is 2. The molecule has 1 aromatic carbocycles. The van der Waals surface area contributed by atoms with Gasteiger partial charge in [-0.3, -0.25) is 0 Å². The van der Waals surface area contributed by atoms with Gasteiger partial charge in [0.25, 0.3) is 0 Å². The zero-order chi connectivity index (χ0) is 20.7. The van der Waals surface area contributed by atoms with E-state index in [1.807, 2.05) is 55.3 Å². The molecule has 0 aliphatic heterocycles. The fourth-order valence-electron chi connectivity index (χ4n) is 2.62. The third kappa shape index (κ3) is 7.03. The molecule has 0 saturated carbocycles. The van der Waals surface area contributed by atoms with Crippen LogP contribution >= 0.6 is 11.3 Å². The third-order valence-corrected chi connectivity index (χ3v) is 4.60. The van der Waals surface area contributed by atoms with Gasteiger partial charge in [0, 0.05) is 17.5 Å². The largest absolute Gasteiger partial charge is 0.493 e. The van der Waals surface area contributed by atoms with Gasteiger partial charge in [-0.1, -0.05) is 26.0 Å². The van der Waals surface area contributed by atoms with Crippen LogP contribution in [0.25, 0.3) is 0 Å². The minimum atomic E-state index is -0.276. The van der Waals surface area contributed by atoms with Crippen molar-refractivity contribution in [2.45, 2.75) is 53.3 Å². The van der Waals surface area contributed by atoms with Crippen LogP contribution in [0, 0.1) is 5.92 Å². The Bertz CT molecular complexity index is 768. The summed E-state index contributed by atoms with van der Waals surface area (Å²) in [5, 5.41) is 5.88. The van der Waals surface area contributed by atoms with Crippen LogP contribution in [-0.4, -0.2) is 35.1 Å². The van der Waals surface area contributed by atoms with Gasteiger partial charge >= 0.3 is 6.03 Å². The van der Waals surface area contributed by atoms with E-state index in [4.69, 9.17) is 9.47 Å². The Morgan fingerprint density at radius 1 is 1.25 bits per heavy atom. The molecule has 2 aromatic rings. The highest BCUT2D eigenvalue weighted by molar-refractivity contribution is 7.09. The zero-order valence-corrected chi connectivity index (χ0v) is 18.4. The van der Waals surface area contributed by atoms with Crippen LogP contribution in [0.15, 0.2) is 29.6 Å². The van der Waals surface area contributed by atoms with Crippen molar-refractivity contribution in [1.29, 1.82) is 0 Å². The number of benzene rings is 1. The summed E-state index contributed by atoms with van der Waals surface area (Å²) >= 11 is 1.53. The minimum Gasteiger partial charge on any atom is -0.493 e. The highest BCUT2D eigenvalue weighted by Gasteiger charge is 2.21. The van der Waals surface area contributed by atoms with Gasteiger partial charge in [0.2, 0.25) is 0 Å². The minimum absolute atomic E-state index is 0.0685. The first-order chi connectivity index (χ1) is 13.2. The number of aromatic nitrogens is 1. The summed E-state index contributed by atoms with van der Waals surface area (Å²) in [5.74, 6) is 1.76. The first kappa shape index (κ1) is 22.0. The molecule has 0 radical (unpaired) electrons. The number of methoxy groups -OCH3 is 1. The van der Waals surface area contributed by atoms with Gasteiger partial charge in [0.05, 0.1) is 19.3 Å². The molecule has 6 nitrogen and oxygen atoms in total. The first-order valence-electron chi connectivity index (χ1n) is 9.44. The molecule has 0 unspecified atom stereocenters. The molecule has 154 valence electrons. The Labute approximate surface area is 171 Å². The van der Waals surface area contributed by atoms with E-state index in [9.17, 15) is 4.79 Å². The number of nitrogens with one attached hydrogen (secondary N) is 1. The van der Waals surface area contributed by atoms with Crippen LogP contribution in [-0.2, 0) is 13.2 Å². The Hall–Kier alpha value is -2.28. The smallest absolute Gasteiger partial charge is 0.318 e. The van der Waals surface area contributed by atoms with Crippen molar-refractivity contribution >= 4 is 17.4 Å². The lowest BCUT2D eigenvalue weighted by molar-refractivity contribution is 0.178. The fraction of sp³-hybridized carbons (Fsp3) is 0.524. The second kappa shape index (κ2) is 9.78. The molecular weight excluding hydrogens is 374 g/mol. The molecule has 0 atom stereocenters. The standard InChI is InChI=1S/C21H31N3O3S/c1-15(2)11-24(20(25)23-21(3,4)5)12-16-14-28-19(22-16)13-27-18-10-8-7-9-17(18)26-6/h7-10,14-15H,11-13H2,1-6H3,(H,23,25). The van der Waals surface area contributed by atoms with Crippen LogP contribution in [0.1, 0.15) is 45.3 Å². The number of para-hydroxylation sites is 2. The maximum absolute atomic E-state index is 12.6. The van der Waals surface area contributed by atoms with Gasteiger partial charge in [0.1, 0.15) is 11.6 Å². The number of carbonyl (C=O) groups excluding carboxylic acids is 1. The second-order valence-electron chi connectivity index (χ2n) is 8.13. The highest BCUT2D eigenvalue weighted by Crippen LogP contribution is 2.27. The molecule has 0 saturated heterocycles. The third-order valence-electron chi connectivity index (χ3n) is 3.73. The Morgan fingerprint density at radius 3 is 2.54 bits per heavy atom. The summed E-state index contributed by atoms with van der Waals surface area (Å²) in [7, 11) is 1.62. The second-order valence-corrected chi connectivity index (χ2v) is 9.07. The predicted octanol–water partition coefficient (Wildman–Crippen LogP) is 4.70. The number of nitrogens with zero attached hydrogens (tertiary/aromatic N) is 2. The van der Waals surface area contributed by atoms with Crippen molar-refractivity contribution in [2.24, 2.45) is 5.92 Å². The molecule has 2 amide bonds. The number of carbonyl (C=O) groups is 1. The molecule has 0 aliphatic rings. The summed E-state index contributed by atoms with van der Waals surface area (Å²) in [4.78, 5) is 19.1. The molecule has 0 fully saturated rings. The van der Waals surface area contributed by atoms with Gasteiger partial charge in [0.15, 0.2) is 11.5 Å². The van der Waals surface area contributed by atoms with E-state index in [-0.39, 0.29) is 11.6 Å². The van der Waals surface area contributed by atoms with Gasteiger partial charge < -0.3 is 19.7 Å². The van der Waals surface area contributed by atoms with E-state index in [1.165, 1.54) is 11.3 Å². The predicted molar refractivity (Wildman–Crippen MR) is 113 cm³/mol. The van der Waals surface area contributed by atoms with E-state index >= 15 is 0 Å². The van der Waals surface area contributed by atoms with Crippen molar-refractivity contribution in [1.82, 2.24) is 15.2 Å². The number of rotatable bonds is 8. The van der Waals surface area contributed by atoms with Crippen LogP contribution in [0.4, 0.5) is 4.79 Å². The van der Waals surface area contributed by atoms with Crippen LogP contribution in [0.2, 0.25) is 0 Å². The molecule has 1 aromatic heterocycles. The van der Waals surface area contributed by atoms with E-state index in [2.05, 4.69) is 24.1 Å². The lowest BCUT2D eigenvalue weighted by Gasteiger charge is -2.29. The maximum Gasteiger partial charge on any atom is 0.318 e. The van der Waals surface area contributed by atoms with Crippen LogP contribution in [0.5, 0.6) is 11.5 Å². The maximum atomic E-state index is 12.6. The van der Waals surface area contributed by atoms with Gasteiger partial charge in [-0.05, 0) is 38.8 Å². The van der Waals surface area contributed by atoms with E-state index < -0.39 is 0 Å². The first-order valence-corrected chi connectivity index (χ1v) is 10.3. The Balaban J connectivity index is 2.01. The lowest BCUT2D eigenvalue weighted by Crippen LogP contribution is -2.49. The van der Waals surface area contributed by atoms with Crippen molar-refractivity contribution < 1.29 is 14.3 Å². The Kier molecular flexibility index (Phi) is 7.69. The SMILES string of the molecule is COc1ccccc1OCc1nc(CN(CC(C)C)C(=O)NC(C)(C)C)cs1. The summed E-state index contributed by atoms with van der Waals surface area (Å²) in [5.41, 5.74) is 0.593. The number of hydrogen-bond donors (Lipinski definition) is 1. The molecular formula is C21H31N3O3S. The number of urea groups is 1. The zero-order valence-electron chi connectivity index (χ0n) is 17.6. The van der Waals surface area contributed by atoms with Crippen molar-refractivity contribution in [2.75, 3.05) is 13.7 Å². The number of hydrogen-bond acceptors (Lipinski definition) is 5. The average molecular weight is 406 g/mol. The number of thiazole rings is 1. The van der Waals surface area contributed by atoms with E-state index in [0.717, 1.165) is 10.7 Å². The highest BCUT2D eigenvalue weighted by atomic mass is 32.1. The van der Waals surface area contributed by atoms with Crippen molar-refractivity contribution in [3.63, 3.8) is 0 Å². The normalized spacial score (nSPS) is 11.4. The molecule has 7 heteroatoms. The molecule has 0 spiro atoms. The monoisotopic (exact) mass is 405 g/mol. The van der Waals surface area contributed by atoms with Crippen LogP contribution < -0.4 is 14.8 Å². The molecule has 1 heterocycles. The number of amides is 2. The molecule has 28 heavy (non-hydrogen) atoms. The summed E-state index contributed by atoms with van der Waals surface area (Å²) in [6.07, 6.45) is 0. The summed E-state index contributed by atoms with van der Waals surface area (Å²) in [6, 6.07) is 7.47. The topological polar surface area (TPSA) is 63.7 Å². The molecule has 2 rings (SSSR count). The lowest BCUT2D eigenvalue weighted by atomic mass is 10.1. The fourth-order valence-corrected chi connectivity index (χ4v) is 3.32. The molecule has 0 aliphatic carbocycles. The van der Waals surface area contributed by atoms with E-state index in [0.29, 0.717) is 37.1 Å².